The van der Waals surface area contributed by atoms with Gasteiger partial charge in [-0.2, -0.15) is 0 Å². The Morgan fingerprint density at radius 2 is 1.69 bits per heavy atom. The molecule has 0 saturated heterocycles. The van der Waals surface area contributed by atoms with Crippen LogP contribution in [0.15, 0.2) is 99.3 Å². The molecule has 162 valence electrons. The van der Waals surface area contributed by atoms with E-state index in [2.05, 4.69) is 48.4 Å². The number of nitrogens with zero attached hydrogens (tertiary/aromatic N) is 1. The summed E-state index contributed by atoms with van der Waals surface area (Å²) in [7, 11) is 0. The van der Waals surface area contributed by atoms with Crippen molar-refractivity contribution >= 4 is 23.4 Å². The molecular weight excluding hydrogens is 416 g/mol. The van der Waals surface area contributed by atoms with Gasteiger partial charge in [0.15, 0.2) is 11.7 Å². The van der Waals surface area contributed by atoms with Crippen molar-refractivity contribution in [1.82, 2.24) is 4.98 Å². The first-order chi connectivity index (χ1) is 15.6. The minimum atomic E-state index is -0.0628. The third-order valence-corrected chi connectivity index (χ3v) is 6.20. The number of amides is 1. The van der Waals surface area contributed by atoms with E-state index in [4.69, 9.17) is 4.42 Å². The smallest absolute Gasteiger partial charge is 0.224 e. The van der Waals surface area contributed by atoms with Crippen molar-refractivity contribution in [2.45, 2.75) is 42.4 Å². The van der Waals surface area contributed by atoms with Crippen molar-refractivity contribution in [3.05, 3.63) is 96.5 Å². The zero-order chi connectivity index (χ0) is 22.3. The Kier molecular flexibility index (Phi) is 7.07. The van der Waals surface area contributed by atoms with Crippen LogP contribution in [0.3, 0.4) is 0 Å². The van der Waals surface area contributed by atoms with Crippen molar-refractivity contribution in [3.63, 3.8) is 0 Å². The van der Waals surface area contributed by atoms with Crippen LogP contribution in [0.4, 0.5) is 5.69 Å². The molecule has 32 heavy (non-hydrogen) atoms. The number of aromatic nitrogens is 1. The maximum atomic E-state index is 12.6. The van der Waals surface area contributed by atoms with Gasteiger partial charge in [0.25, 0.3) is 0 Å². The van der Waals surface area contributed by atoms with Crippen LogP contribution in [0.2, 0.25) is 0 Å². The summed E-state index contributed by atoms with van der Waals surface area (Å²) in [5, 5.41) is 3.03. The molecule has 5 heteroatoms. The Morgan fingerprint density at radius 1 is 0.969 bits per heavy atom. The van der Waals surface area contributed by atoms with Gasteiger partial charge in [-0.1, -0.05) is 80.2 Å². The molecule has 0 saturated carbocycles. The summed E-state index contributed by atoms with van der Waals surface area (Å²) >= 11 is 1.63. The first-order valence-electron chi connectivity index (χ1n) is 10.8. The number of aryl methyl sites for hydroxylation is 1. The highest BCUT2D eigenvalue weighted by Gasteiger charge is 2.12. The van der Waals surface area contributed by atoms with Crippen LogP contribution >= 0.6 is 11.8 Å². The van der Waals surface area contributed by atoms with Crippen LogP contribution in [0.5, 0.6) is 0 Å². The van der Waals surface area contributed by atoms with Crippen LogP contribution in [0, 0.1) is 0 Å². The number of hydrogen-bond donors (Lipinski definition) is 1. The van der Waals surface area contributed by atoms with E-state index in [1.165, 1.54) is 5.56 Å². The van der Waals surface area contributed by atoms with E-state index in [9.17, 15) is 4.79 Å². The molecule has 0 atom stereocenters. The molecule has 0 unspecified atom stereocenters. The highest BCUT2D eigenvalue weighted by atomic mass is 32.2. The SMILES string of the molecule is CC(C)c1ccc(-c2cnc(CCC(=O)Nc3ccccc3Sc3ccccc3)o2)cc1. The molecular formula is C27H26N2O2S. The van der Waals surface area contributed by atoms with Gasteiger partial charge in [-0.05, 0) is 35.7 Å². The van der Waals surface area contributed by atoms with Gasteiger partial charge in [-0.15, -0.1) is 0 Å². The first-order valence-corrected chi connectivity index (χ1v) is 11.6. The van der Waals surface area contributed by atoms with Crippen LogP contribution in [0.25, 0.3) is 11.3 Å². The molecule has 1 amide bonds. The van der Waals surface area contributed by atoms with E-state index < -0.39 is 0 Å². The number of oxazole rings is 1. The number of nitrogens with one attached hydrogen (secondary N) is 1. The molecule has 4 rings (SSSR count). The summed E-state index contributed by atoms with van der Waals surface area (Å²) in [5.74, 6) is 1.71. The molecule has 0 fully saturated rings. The molecule has 0 aliphatic carbocycles. The second kappa shape index (κ2) is 10.3. The van der Waals surface area contributed by atoms with E-state index in [0.29, 0.717) is 24.7 Å². The molecule has 1 heterocycles. The van der Waals surface area contributed by atoms with Gasteiger partial charge < -0.3 is 9.73 Å². The molecule has 0 radical (unpaired) electrons. The molecule has 1 aromatic heterocycles. The predicted octanol–water partition coefficient (Wildman–Crippen LogP) is 7.19. The van der Waals surface area contributed by atoms with E-state index in [0.717, 1.165) is 26.8 Å². The lowest BCUT2D eigenvalue weighted by molar-refractivity contribution is -0.116. The summed E-state index contributed by atoms with van der Waals surface area (Å²) < 4.78 is 5.88. The Labute approximate surface area is 193 Å². The van der Waals surface area contributed by atoms with E-state index in [-0.39, 0.29) is 5.91 Å². The highest BCUT2D eigenvalue weighted by Crippen LogP contribution is 2.33. The van der Waals surface area contributed by atoms with Crippen LogP contribution < -0.4 is 5.32 Å². The Morgan fingerprint density at radius 3 is 2.44 bits per heavy atom. The molecule has 4 aromatic rings. The van der Waals surface area contributed by atoms with Crippen LogP contribution in [-0.2, 0) is 11.2 Å². The van der Waals surface area contributed by atoms with Crippen molar-refractivity contribution in [3.8, 4) is 11.3 Å². The van der Waals surface area contributed by atoms with Gasteiger partial charge in [-0.3, -0.25) is 4.79 Å². The Hall–Kier alpha value is -3.31. The van der Waals surface area contributed by atoms with E-state index in [1.54, 1.807) is 18.0 Å². The summed E-state index contributed by atoms with van der Waals surface area (Å²) in [6, 6.07) is 26.3. The second-order valence-electron chi connectivity index (χ2n) is 7.85. The van der Waals surface area contributed by atoms with Gasteiger partial charge in [-0.25, -0.2) is 4.98 Å². The summed E-state index contributed by atoms with van der Waals surface area (Å²) in [6.45, 7) is 4.34. The zero-order valence-corrected chi connectivity index (χ0v) is 19.1. The molecule has 4 nitrogen and oxygen atoms in total. The molecule has 0 aliphatic rings. The Balaban J connectivity index is 1.35. The average molecular weight is 443 g/mol. The predicted molar refractivity (Wildman–Crippen MR) is 130 cm³/mol. The fourth-order valence-corrected chi connectivity index (χ4v) is 4.22. The molecule has 1 N–H and O–H groups in total. The fraction of sp³-hybridized carbons (Fsp3) is 0.185. The Bertz CT molecular complexity index is 1170. The van der Waals surface area contributed by atoms with Crippen LogP contribution in [0.1, 0.15) is 37.6 Å². The second-order valence-corrected chi connectivity index (χ2v) is 8.97. The number of benzene rings is 3. The van der Waals surface area contributed by atoms with Crippen molar-refractivity contribution in [2.75, 3.05) is 5.32 Å². The van der Waals surface area contributed by atoms with Gasteiger partial charge in [0.05, 0.1) is 11.9 Å². The maximum absolute atomic E-state index is 12.6. The highest BCUT2D eigenvalue weighted by molar-refractivity contribution is 7.99. The normalized spacial score (nSPS) is 11.0. The minimum absolute atomic E-state index is 0.0628. The number of rotatable bonds is 8. The standard InChI is InChI=1S/C27H26N2O2S/c1-19(2)20-12-14-21(15-13-20)24-18-28-27(31-24)17-16-26(30)29-23-10-6-7-11-25(23)32-22-8-4-3-5-9-22/h3-15,18-19H,16-17H2,1-2H3,(H,29,30). The molecule has 0 spiro atoms. The van der Waals surface area contributed by atoms with Gasteiger partial charge >= 0.3 is 0 Å². The van der Waals surface area contributed by atoms with Crippen LogP contribution in [-0.4, -0.2) is 10.9 Å². The summed E-state index contributed by atoms with van der Waals surface area (Å²) in [5.41, 5.74) is 3.09. The minimum Gasteiger partial charge on any atom is -0.441 e. The van der Waals surface area contributed by atoms with Gasteiger partial charge in [0.2, 0.25) is 5.91 Å². The maximum Gasteiger partial charge on any atom is 0.224 e. The summed E-state index contributed by atoms with van der Waals surface area (Å²) in [4.78, 5) is 19.1. The van der Waals surface area contributed by atoms with Crippen molar-refractivity contribution < 1.29 is 9.21 Å². The number of carbonyl (C=O) groups excluding carboxylic acids is 1. The molecule has 0 bridgehead atoms. The van der Waals surface area contributed by atoms with Crippen molar-refractivity contribution in [1.29, 1.82) is 0 Å². The fourth-order valence-electron chi connectivity index (χ4n) is 3.30. The topological polar surface area (TPSA) is 55.1 Å². The quantitative estimate of drug-likeness (QED) is 0.314. The molecule has 0 aliphatic heterocycles. The lowest BCUT2D eigenvalue weighted by Crippen LogP contribution is -2.13. The monoisotopic (exact) mass is 442 g/mol. The lowest BCUT2D eigenvalue weighted by Gasteiger charge is -2.10. The van der Waals surface area contributed by atoms with E-state index in [1.807, 2.05) is 54.6 Å². The lowest BCUT2D eigenvalue weighted by atomic mass is 10.0. The average Bonchev–Trinajstić information content (AvgIpc) is 3.29. The zero-order valence-electron chi connectivity index (χ0n) is 18.2. The third-order valence-electron chi connectivity index (χ3n) is 5.11. The largest absolute Gasteiger partial charge is 0.441 e. The first kappa shape index (κ1) is 21.9. The van der Waals surface area contributed by atoms with Gasteiger partial charge in [0.1, 0.15) is 0 Å². The third kappa shape index (κ3) is 5.68. The number of hydrogen-bond acceptors (Lipinski definition) is 4. The van der Waals surface area contributed by atoms with Gasteiger partial charge in [0, 0.05) is 28.2 Å². The van der Waals surface area contributed by atoms with E-state index >= 15 is 0 Å². The molecule has 3 aromatic carbocycles. The summed E-state index contributed by atoms with van der Waals surface area (Å²) in [6.07, 6.45) is 2.48. The van der Waals surface area contributed by atoms with Crippen molar-refractivity contribution in [2.24, 2.45) is 0 Å². The number of carbonyl (C=O) groups is 1. The number of para-hydroxylation sites is 1. The number of anilines is 1.